The highest BCUT2D eigenvalue weighted by molar-refractivity contribution is 7.99. The second-order valence-corrected chi connectivity index (χ2v) is 8.57. The number of H-pyrrole nitrogens is 1. The third-order valence-corrected chi connectivity index (χ3v) is 5.28. The molecule has 1 aromatic heterocycles. The molecule has 2 aromatic carbocycles. The lowest BCUT2D eigenvalue weighted by atomic mass is 9.85. The molecule has 2 N–H and O–H groups in total. The standard InChI is InChI=1S/C22H24N2O2S/c1-22(2,3)18-12-20(25)24-19-11-16(9-10-17(18)19)23-21(26)14-27-13-15-7-5-4-6-8-15/h4-12H,13-14H2,1-3H3,(H,23,26)(H,24,25). The Hall–Kier alpha value is -2.53. The highest BCUT2D eigenvalue weighted by atomic mass is 32.2. The van der Waals surface area contributed by atoms with Gasteiger partial charge >= 0.3 is 0 Å². The molecule has 4 nitrogen and oxygen atoms in total. The third-order valence-electron chi connectivity index (χ3n) is 4.28. The minimum Gasteiger partial charge on any atom is -0.325 e. The van der Waals surface area contributed by atoms with Gasteiger partial charge in [-0.3, -0.25) is 9.59 Å². The molecule has 3 rings (SSSR count). The smallest absolute Gasteiger partial charge is 0.248 e. The molecule has 0 aliphatic rings. The number of benzene rings is 2. The number of nitrogens with one attached hydrogen (secondary N) is 2. The van der Waals surface area contributed by atoms with Crippen molar-refractivity contribution in [1.29, 1.82) is 0 Å². The van der Waals surface area contributed by atoms with Gasteiger partial charge in [-0.25, -0.2) is 0 Å². The number of fused-ring (bicyclic) bond motifs is 1. The molecule has 0 atom stereocenters. The number of carbonyl (C=O) groups is 1. The van der Waals surface area contributed by atoms with E-state index in [4.69, 9.17) is 0 Å². The fourth-order valence-electron chi connectivity index (χ4n) is 2.99. The highest BCUT2D eigenvalue weighted by Gasteiger charge is 2.18. The fourth-order valence-corrected chi connectivity index (χ4v) is 3.78. The summed E-state index contributed by atoms with van der Waals surface area (Å²) in [6, 6.07) is 17.4. The molecule has 0 spiro atoms. The Bertz CT molecular complexity index is 1000. The summed E-state index contributed by atoms with van der Waals surface area (Å²) in [6.45, 7) is 6.25. The summed E-state index contributed by atoms with van der Waals surface area (Å²) in [4.78, 5) is 27.1. The van der Waals surface area contributed by atoms with Crippen LogP contribution in [0.15, 0.2) is 59.4 Å². The summed E-state index contributed by atoms with van der Waals surface area (Å²) in [5.74, 6) is 1.13. The normalized spacial score (nSPS) is 11.5. The first-order chi connectivity index (χ1) is 12.8. The van der Waals surface area contributed by atoms with Crippen LogP contribution in [0.4, 0.5) is 5.69 Å². The number of hydrogen-bond acceptors (Lipinski definition) is 3. The Labute approximate surface area is 163 Å². The summed E-state index contributed by atoms with van der Waals surface area (Å²) < 4.78 is 0. The molecule has 1 heterocycles. The highest BCUT2D eigenvalue weighted by Crippen LogP contribution is 2.29. The Kier molecular flexibility index (Phi) is 5.71. The number of anilines is 1. The summed E-state index contributed by atoms with van der Waals surface area (Å²) >= 11 is 1.58. The minimum absolute atomic E-state index is 0.0513. The second kappa shape index (κ2) is 8.01. The van der Waals surface area contributed by atoms with Crippen molar-refractivity contribution in [2.75, 3.05) is 11.1 Å². The Balaban J connectivity index is 1.70. The maximum Gasteiger partial charge on any atom is 0.248 e. The Morgan fingerprint density at radius 1 is 1.07 bits per heavy atom. The number of hydrogen-bond donors (Lipinski definition) is 2. The van der Waals surface area contributed by atoms with Gasteiger partial charge in [0.2, 0.25) is 11.5 Å². The number of carbonyl (C=O) groups excluding carboxylic acids is 1. The van der Waals surface area contributed by atoms with Gasteiger partial charge in [0.1, 0.15) is 0 Å². The average molecular weight is 381 g/mol. The lowest BCUT2D eigenvalue weighted by Crippen LogP contribution is -2.18. The van der Waals surface area contributed by atoms with E-state index in [1.807, 2.05) is 36.4 Å². The van der Waals surface area contributed by atoms with Gasteiger partial charge in [0, 0.05) is 22.9 Å². The largest absolute Gasteiger partial charge is 0.325 e. The van der Waals surface area contributed by atoms with Crippen molar-refractivity contribution in [3.8, 4) is 0 Å². The van der Waals surface area contributed by atoms with Gasteiger partial charge in [-0.1, -0.05) is 57.2 Å². The van der Waals surface area contributed by atoms with Gasteiger partial charge in [-0.05, 0) is 28.7 Å². The van der Waals surface area contributed by atoms with E-state index in [0.717, 1.165) is 22.2 Å². The summed E-state index contributed by atoms with van der Waals surface area (Å²) in [7, 11) is 0. The number of aromatic nitrogens is 1. The molecule has 0 saturated heterocycles. The van der Waals surface area contributed by atoms with Crippen LogP contribution in [0.3, 0.4) is 0 Å². The number of rotatable bonds is 5. The zero-order valence-electron chi connectivity index (χ0n) is 15.8. The zero-order chi connectivity index (χ0) is 19.4. The van der Waals surface area contributed by atoms with Crippen LogP contribution in [-0.4, -0.2) is 16.6 Å². The van der Waals surface area contributed by atoms with Crippen LogP contribution in [0.1, 0.15) is 31.9 Å². The van der Waals surface area contributed by atoms with Crippen molar-refractivity contribution >= 4 is 34.3 Å². The maximum atomic E-state index is 12.2. The van der Waals surface area contributed by atoms with Crippen molar-refractivity contribution in [3.63, 3.8) is 0 Å². The van der Waals surface area contributed by atoms with Crippen LogP contribution in [0.5, 0.6) is 0 Å². The van der Waals surface area contributed by atoms with Crippen LogP contribution < -0.4 is 10.9 Å². The van der Waals surface area contributed by atoms with Crippen molar-refractivity contribution in [2.24, 2.45) is 0 Å². The SMILES string of the molecule is CC(C)(C)c1cc(=O)[nH]c2cc(NC(=O)CSCc3ccccc3)ccc12. The van der Waals surface area contributed by atoms with Crippen molar-refractivity contribution in [1.82, 2.24) is 4.98 Å². The average Bonchev–Trinajstić information content (AvgIpc) is 2.61. The summed E-state index contributed by atoms with van der Waals surface area (Å²) in [5, 5.41) is 3.91. The molecule has 27 heavy (non-hydrogen) atoms. The van der Waals surface area contributed by atoms with Gasteiger partial charge in [-0.15, -0.1) is 11.8 Å². The van der Waals surface area contributed by atoms with Crippen molar-refractivity contribution in [2.45, 2.75) is 31.9 Å². The fraction of sp³-hybridized carbons (Fsp3) is 0.273. The molecule has 140 valence electrons. The molecule has 5 heteroatoms. The molecule has 0 fully saturated rings. The molecule has 0 aliphatic heterocycles. The lowest BCUT2D eigenvalue weighted by molar-refractivity contribution is -0.113. The number of thioether (sulfide) groups is 1. The first-order valence-electron chi connectivity index (χ1n) is 8.92. The lowest BCUT2D eigenvalue weighted by Gasteiger charge is -2.21. The third kappa shape index (κ3) is 5.01. The number of aromatic amines is 1. The molecular weight excluding hydrogens is 356 g/mol. The quantitative estimate of drug-likeness (QED) is 0.674. The second-order valence-electron chi connectivity index (χ2n) is 7.58. The van der Waals surface area contributed by atoms with Gasteiger partial charge in [-0.2, -0.15) is 0 Å². The molecule has 1 amide bonds. The van der Waals surface area contributed by atoms with Crippen molar-refractivity contribution in [3.05, 3.63) is 76.1 Å². The molecule has 3 aromatic rings. The van der Waals surface area contributed by atoms with E-state index in [1.54, 1.807) is 17.8 Å². The minimum atomic E-state index is -0.134. The molecule has 0 saturated carbocycles. The Morgan fingerprint density at radius 2 is 1.81 bits per heavy atom. The predicted molar refractivity (Wildman–Crippen MR) is 115 cm³/mol. The molecule has 0 unspecified atom stereocenters. The van der Waals surface area contributed by atoms with Gasteiger partial charge in [0.25, 0.3) is 0 Å². The Morgan fingerprint density at radius 3 is 2.52 bits per heavy atom. The van der Waals surface area contributed by atoms with Crippen LogP contribution in [-0.2, 0) is 16.0 Å². The molecule has 0 bridgehead atoms. The van der Waals surface area contributed by atoms with Gasteiger partial charge in [0.15, 0.2) is 0 Å². The van der Waals surface area contributed by atoms with E-state index in [1.165, 1.54) is 5.56 Å². The maximum absolute atomic E-state index is 12.2. The van der Waals surface area contributed by atoms with Crippen LogP contribution >= 0.6 is 11.8 Å². The monoisotopic (exact) mass is 380 g/mol. The van der Waals surface area contributed by atoms with E-state index in [9.17, 15) is 9.59 Å². The van der Waals surface area contributed by atoms with Gasteiger partial charge in [0.05, 0.1) is 11.3 Å². The topological polar surface area (TPSA) is 62.0 Å². The van der Waals surface area contributed by atoms with Crippen LogP contribution in [0, 0.1) is 0 Å². The van der Waals surface area contributed by atoms with Crippen molar-refractivity contribution < 1.29 is 4.79 Å². The molecule has 0 aliphatic carbocycles. The zero-order valence-corrected chi connectivity index (χ0v) is 16.7. The summed E-state index contributed by atoms with van der Waals surface area (Å²) in [6.07, 6.45) is 0. The van der Waals surface area contributed by atoms with E-state index >= 15 is 0 Å². The van der Waals surface area contributed by atoms with E-state index in [0.29, 0.717) is 11.4 Å². The first kappa shape index (κ1) is 19.2. The summed E-state index contributed by atoms with van der Waals surface area (Å²) in [5.41, 5.74) is 3.36. The van der Waals surface area contributed by atoms with Crippen LogP contribution in [0.2, 0.25) is 0 Å². The van der Waals surface area contributed by atoms with E-state index in [2.05, 4.69) is 43.2 Å². The molecule has 0 radical (unpaired) electrons. The first-order valence-corrected chi connectivity index (χ1v) is 10.1. The van der Waals surface area contributed by atoms with E-state index in [-0.39, 0.29) is 16.9 Å². The number of amides is 1. The van der Waals surface area contributed by atoms with Gasteiger partial charge < -0.3 is 10.3 Å². The molecular formula is C22H24N2O2S. The van der Waals surface area contributed by atoms with E-state index < -0.39 is 0 Å². The number of pyridine rings is 1. The van der Waals surface area contributed by atoms with Crippen LogP contribution in [0.25, 0.3) is 10.9 Å². The predicted octanol–water partition coefficient (Wildman–Crippen LogP) is 4.70.